The fourth-order valence-electron chi connectivity index (χ4n) is 2.86. The van der Waals surface area contributed by atoms with Crippen LogP contribution in [0.4, 0.5) is 0 Å². The average molecular weight is 230 g/mol. The van der Waals surface area contributed by atoms with Gasteiger partial charge in [-0.05, 0) is 55.5 Å². The van der Waals surface area contributed by atoms with Crippen LogP contribution in [0.25, 0.3) is 0 Å². The number of carbonyl (C=O) groups excluding carboxylic acids is 1. The van der Waals surface area contributed by atoms with E-state index in [0.29, 0.717) is 12.5 Å². The van der Waals surface area contributed by atoms with E-state index in [-0.39, 0.29) is 5.91 Å². The standard InChI is InChI=1S/C14H18N2O/c17-14-13-4-3-11(8-12(13)9-16-14)10-2-1-6-15-7-5-10/h3-4,8,10,15H,1-2,5-7,9H2,(H,16,17)/t10-/m1/s1. The topological polar surface area (TPSA) is 41.1 Å². The number of carbonyl (C=O) groups is 1. The lowest BCUT2D eigenvalue weighted by atomic mass is 9.90. The fourth-order valence-corrected chi connectivity index (χ4v) is 2.86. The minimum atomic E-state index is 0.0779. The van der Waals surface area contributed by atoms with Gasteiger partial charge in [0.1, 0.15) is 0 Å². The molecule has 3 heteroatoms. The van der Waals surface area contributed by atoms with E-state index >= 15 is 0 Å². The molecule has 1 atom stereocenters. The Balaban J connectivity index is 1.86. The van der Waals surface area contributed by atoms with E-state index in [9.17, 15) is 4.79 Å². The van der Waals surface area contributed by atoms with Crippen LogP contribution < -0.4 is 10.6 Å². The van der Waals surface area contributed by atoms with E-state index in [2.05, 4.69) is 22.8 Å². The van der Waals surface area contributed by atoms with Gasteiger partial charge in [0.25, 0.3) is 5.91 Å². The molecule has 1 aromatic rings. The molecule has 2 heterocycles. The maximum Gasteiger partial charge on any atom is 0.251 e. The number of rotatable bonds is 1. The highest BCUT2D eigenvalue weighted by molar-refractivity contribution is 5.98. The van der Waals surface area contributed by atoms with Crippen molar-refractivity contribution < 1.29 is 4.79 Å². The molecule has 2 aliphatic rings. The minimum absolute atomic E-state index is 0.0779. The Morgan fingerprint density at radius 2 is 2.12 bits per heavy atom. The molecule has 1 saturated heterocycles. The molecule has 2 aliphatic heterocycles. The van der Waals surface area contributed by atoms with Crippen molar-refractivity contribution in [1.29, 1.82) is 0 Å². The molecule has 0 unspecified atom stereocenters. The van der Waals surface area contributed by atoms with Crippen molar-refractivity contribution in [3.63, 3.8) is 0 Å². The first-order valence-corrected chi connectivity index (χ1v) is 6.46. The Morgan fingerprint density at radius 1 is 1.18 bits per heavy atom. The molecule has 1 aromatic carbocycles. The second-order valence-electron chi connectivity index (χ2n) is 4.98. The van der Waals surface area contributed by atoms with Crippen LogP contribution in [0, 0.1) is 0 Å². The third-order valence-electron chi connectivity index (χ3n) is 3.86. The average Bonchev–Trinajstić information content (AvgIpc) is 2.58. The quantitative estimate of drug-likeness (QED) is 0.772. The molecule has 0 aliphatic carbocycles. The Bertz CT molecular complexity index is 434. The minimum Gasteiger partial charge on any atom is -0.348 e. The lowest BCUT2D eigenvalue weighted by Gasteiger charge is -2.14. The molecule has 0 bridgehead atoms. The van der Waals surface area contributed by atoms with Gasteiger partial charge < -0.3 is 10.6 Å². The van der Waals surface area contributed by atoms with Crippen molar-refractivity contribution >= 4 is 5.91 Å². The predicted molar refractivity (Wildman–Crippen MR) is 67.1 cm³/mol. The van der Waals surface area contributed by atoms with E-state index < -0.39 is 0 Å². The zero-order valence-corrected chi connectivity index (χ0v) is 9.96. The van der Waals surface area contributed by atoms with Crippen LogP contribution in [-0.2, 0) is 6.54 Å². The number of hydrogen-bond donors (Lipinski definition) is 2. The largest absolute Gasteiger partial charge is 0.348 e. The van der Waals surface area contributed by atoms with Gasteiger partial charge in [-0.25, -0.2) is 0 Å². The summed E-state index contributed by atoms with van der Waals surface area (Å²) in [5.41, 5.74) is 3.44. The van der Waals surface area contributed by atoms with Crippen molar-refractivity contribution in [2.45, 2.75) is 31.7 Å². The van der Waals surface area contributed by atoms with E-state index in [1.807, 2.05) is 6.07 Å². The normalized spacial score (nSPS) is 24.0. The Kier molecular flexibility index (Phi) is 2.85. The summed E-state index contributed by atoms with van der Waals surface area (Å²) in [6.07, 6.45) is 3.71. The number of nitrogens with one attached hydrogen (secondary N) is 2. The van der Waals surface area contributed by atoms with Crippen LogP contribution in [0.2, 0.25) is 0 Å². The van der Waals surface area contributed by atoms with Gasteiger partial charge in [0.2, 0.25) is 0 Å². The monoisotopic (exact) mass is 230 g/mol. The van der Waals surface area contributed by atoms with Crippen molar-refractivity contribution in [2.24, 2.45) is 0 Å². The van der Waals surface area contributed by atoms with Gasteiger partial charge >= 0.3 is 0 Å². The molecule has 90 valence electrons. The van der Waals surface area contributed by atoms with Crippen LogP contribution in [0.15, 0.2) is 18.2 Å². The molecular formula is C14H18N2O. The van der Waals surface area contributed by atoms with Gasteiger partial charge in [0.15, 0.2) is 0 Å². The van der Waals surface area contributed by atoms with Crippen LogP contribution in [-0.4, -0.2) is 19.0 Å². The van der Waals surface area contributed by atoms with Gasteiger partial charge in [0, 0.05) is 12.1 Å². The van der Waals surface area contributed by atoms with E-state index in [1.54, 1.807) is 0 Å². The lowest BCUT2D eigenvalue weighted by molar-refractivity contribution is 0.0966. The van der Waals surface area contributed by atoms with E-state index in [4.69, 9.17) is 0 Å². The van der Waals surface area contributed by atoms with Crippen LogP contribution >= 0.6 is 0 Å². The molecule has 0 radical (unpaired) electrons. The second-order valence-corrected chi connectivity index (χ2v) is 4.98. The van der Waals surface area contributed by atoms with Crippen molar-refractivity contribution in [3.8, 4) is 0 Å². The first kappa shape index (κ1) is 10.8. The van der Waals surface area contributed by atoms with Crippen LogP contribution in [0.3, 0.4) is 0 Å². The number of amides is 1. The molecule has 17 heavy (non-hydrogen) atoms. The molecule has 3 rings (SSSR count). The third-order valence-corrected chi connectivity index (χ3v) is 3.86. The molecule has 3 nitrogen and oxygen atoms in total. The van der Waals surface area contributed by atoms with Gasteiger partial charge in [-0.1, -0.05) is 12.1 Å². The SMILES string of the molecule is O=C1NCc2cc([C@@H]3CCCNCC3)ccc21. The maximum absolute atomic E-state index is 11.5. The van der Waals surface area contributed by atoms with E-state index in [0.717, 1.165) is 18.7 Å². The Labute approximate surface area is 102 Å². The van der Waals surface area contributed by atoms with E-state index in [1.165, 1.54) is 30.4 Å². The summed E-state index contributed by atoms with van der Waals surface area (Å²) in [7, 11) is 0. The van der Waals surface area contributed by atoms with Crippen molar-refractivity contribution in [1.82, 2.24) is 10.6 Å². The number of hydrogen-bond acceptors (Lipinski definition) is 2. The van der Waals surface area contributed by atoms with Crippen LogP contribution in [0.1, 0.15) is 46.7 Å². The molecular weight excluding hydrogens is 212 g/mol. The summed E-state index contributed by atoms with van der Waals surface area (Å²) in [4.78, 5) is 11.5. The highest BCUT2D eigenvalue weighted by atomic mass is 16.1. The molecule has 1 amide bonds. The summed E-state index contributed by atoms with van der Waals surface area (Å²) in [6, 6.07) is 6.36. The van der Waals surface area contributed by atoms with Gasteiger partial charge in [0.05, 0.1) is 0 Å². The highest BCUT2D eigenvalue weighted by Gasteiger charge is 2.21. The molecule has 0 aromatic heterocycles. The summed E-state index contributed by atoms with van der Waals surface area (Å²) in [5.74, 6) is 0.736. The zero-order chi connectivity index (χ0) is 11.7. The second kappa shape index (κ2) is 4.49. The predicted octanol–water partition coefficient (Wildman–Crippen LogP) is 1.79. The highest BCUT2D eigenvalue weighted by Crippen LogP contribution is 2.28. The smallest absolute Gasteiger partial charge is 0.251 e. The number of fused-ring (bicyclic) bond motifs is 1. The first-order valence-electron chi connectivity index (χ1n) is 6.46. The molecule has 2 N–H and O–H groups in total. The molecule has 0 spiro atoms. The van der Waals surface area contributed by atoms with Gasteiger partial charge in [-0.3, -0.25) is 4.79 Å². The summed E-state index contributed by atoms with van der Waals surface area (Å²) < 4.78 is 0. The van der Waals surface area contributed by atoms with Gasteiger partial charge in [-0.15, -0.1) is 0 Å². The molecule has 1 fully saturated rings. The first-order chi connectivity index (χ1) is 8.34. The summed E-state index contributed by atoms with van der Waals surface area (Å²) in [6.45, 7) is 2.95. The maximum atomic E-state index is 11.5. The van der Waals surface area contributed by atoms with Crippen LogP contribution in [0.5, 0.6) is 0 Å². The Morgan fingerprint density at radius 3 is 3.06 bits per heavy atom. The van der Waals surface area contributed by atoms with Crippen molar-refractivity contribution in [3.05, 3.63) is 34.9 Å². The summed E-state index contributed by atoms with van der Waals surface area (Å²) >= 11 is 0. The Hall–Kier alpha value is -1.35. The van der Waals surface area contributed by atoms with Gasteiger partial charge in [-0.2, -0.15) is 0 Å². The van der Waals surface area contributed by atoms with Crippen molar-refractivity contribution in [2.75, 3.05) is 13.1 Å². The fraction of sp³-hybridized carbons (Fsp3) is 0.500. The summed E-state index contributed by atoms with van der Waals surface area (Å²) in [5, 5.41) is 6.32. The lowest BCUT2D eigenvalue weighted by Crippen LogP contribution is -2.13. The number of benzene rings is 1. The zero-order valence-electron chi connectivity index (χ0n) is 9.96. The molecule has 0 saturated carbocycles. The third kappa shape index (κ3) is 2.07.